The summed E-state index contributed by atoms with van der Waals surface area (Å²) < 4.78 is 23.1. The van der Waals surface area contributed by atoms with Crippen molar-refractivity contribution in [2.75, 3.05) is 5.32 Å². The third-order valence-corrected chi connectivity index (χ3v) is 6.30. The summed E-state index contributed by atoms with van der Waals surface area (Å²) in [5.41, 5.74) is 1.18. The number of benzene rings is 1. The first-order valence-corrected chi connectivity index (χ1v) is 10.7. The monoisotopic (exact) mass is 446 g/mol. The molecule has 0 aliphatic heterocycles. The van der Waals surface area contributed by atoms with Crippen LogP contribution in [0.1, 0.15) is 59.9 Å². The third-order valence-electron chi connectivity index (χ3n) is 6.07. The zero-order valence-electron chi connectivity index (χ0n) is 17.7. The minimum atomic E-state index is -0.580. The van der Waals surface area contributed by atoms with Crippen LogP contribution in [0.5, 0.6) is 0 Å². The van der Waals surface area contributed by atoms with Crippen LogP contribution in [0.2, 0.25) is 5.02 Å². The number of hydrogen-bond acceptors (Lipinski definition) is 4. The Balaban J connectivity index is 1.64. The van der Waals surface area contributed by atoms with Crippen molar-refractivity contribution in [1.82, 2.24) is 14.5 Å². The lowest BCUT2D eigenvalue weighted by Gasteiger charge is -2.24. The number of aromatic nitrogens is 3. The van der Waals surface area contributed by atoms with Gasteiger partial charge in [-0.1, -0.05) is 36.0 Å². The Kier molecular flexibility index (Phi) is 5.75. The van der Waals surface area contributed by atoms with E-state index in [1.165, 1.54) is 24.6 Å². The molecule has 0 spiro atoms. The van der Waals surface area contributed by atoms with E-state index in [1.54, 1.807) is 23.2 Å². The molecule has 4 rings (SSSR count). The maximum absolute atomic E-state index is 14.3. The number of rotatable bonds is 4. The van der Waals surface area contributed by atoms with E-state index in [0.29, 0.717) is 11.3 Å². The van der Waals surface area contributed by atoms with Gasteiger partial charge >= 0.3 is 0 Å². The molecule has 0 atom stereocenters. The number of hydrogen-bond donors (Lipinski definition) is 1. The smallest absolute Gasteiger partial charge is 0.291 e. The van der Waals surface area contributed by atoms with E-state index >= 15 is 0 Å². The summed E-state index contributed by atoms with van der Waals surface area (Å²) in [6, 6.07) is 4.29. The molecule has 1 aliphatic rings. The molecule has 1 aliphatic carbocycles. The molecular formula is C22H24ClFN4O3. The molecule has 3 aromatic rings. The fraction of sp³-hybridized carbons (Fsp3) is 0.409. The minimum absolute atomic E-state index is 0.00350. The van der Waals surface area contributed by atoms with Crippen LogP contribution in [-0.4, -0.2) is 20.4 Å². The van der Waals surface area contributed by atoms with Gasteiger partial charge in [-0.3, -0.25) is 14.3 Å². The van der Waals surface area contributed by atoms with Crippen molar-refractivity contribution in [2.45, 2.75) is 52.0 Å². The number of nitrogens with one attached hydrogen (secondary N) is 1. The first kappa shape index (κ1) is 21.4. The summed E-state index contributed by atoms with van der Waals surface area (Å²) in [6.45, 7) is 3.41. The molecule has 164 valence electrons. The fourth-order valence-corrected chi connectivity index (χ4v) is 4.41. The van der Waals surface area contributed by atoms with Crippen LogP contribution >= 0.6 is 11.6 Å². The number of anilines is 1. The molecule has 31 heavy (non-hydrogen) atoms. The maximum atomic E-state index is 14.3. The maximum Gasteiger partial charge on any atom is 0.291 e. The average molecular weight is 447 g/mol. The van der Waals surface area contributed by atoms with Crippen molar-refractivity contribution in [1.29, 1.82) is 0 Å². The van der Waals surface area contributed by atoms with Gasteiger partial charge in [-0.15, -0.1) is 0 Å². The van der Waals surface area contributed by atoms with Crippen molar-refractivity contribution in [2.24, 2.45) is 7.05 Å². The predicted molar refractivity (Wildman–Crippen MR) is 116 cm³/mol. The molecule has 1 N–H and O–H groups in total. The van der Waals surface area contributed by atoms with E-state index in [-0.39, 0.29) is 39.3 Å². The summed E-state index contributed by atoms with van der Waals surface area (Å²) in [5.74, 6) is -1.01. The molecule has 0 unspecified atom stereocenters. The van der Waals surface area contributed by atoms with E-state index in [9.17, 15) is 14.0 Å². The van der Waals surface area contributed by atoms with Crippen LogP contribution in [0.15, 0.2) is 27.5 Å². The van der Waals surface area contributed by atoms with E-state index in [1.807, 2.05) is 7.05 Å². The van der Waals surface area contributed by atoms with E-state index < -0.39 is 11.7 Å². The van der Waals surface area contributed by atoms with Crippen LogP contribution in [-0.2, 0) is 7.05 Å². The van der Waals surface area contributed by atoms with Crippen LogP contribution in [0.3, 0.4) is 0 Å². The summed E-state index contributed by atoms with van der Waals surface area (Å²) in [6.07, 6.45) is 5.25. The summed E-state index contributed by atoms with van der Waals surface area (Å²) in [7, 11) is 1.82. The molecule has 2 aromatic heterocycles. The van der Waals surface area contributed by atoms with Crippen LogP contribution in [0.4, 0.5) is 10.1 Å². The SMILES string of the molecule is Cc1c(C(=O)Nc2c(C)n(C)n(C3CCCCC3)c2=O)noc1-c1ccc(Cl)cc1F. The fourth-order valence-electron chi connectivity index (χ4n) is 4.25. The van der Waals surface area contributed by atoms with Crippen LogP contribution < -0.4 is 10.9 Å². The Morgan fingerprint density at radius 1 is 1.26 bits per heavy atom. The van der Waals surface area contributed by atoms with E-state index in [0.717, 1.165) is 25.7 Å². The van der Waals surface area contributed by atoms with Gasteiger partial charge in [0.05, 0.1) is 17.3 Å². The lowest BCUT2D eigenvalue weighted by molar-refractivity contribution is 0.101. The van der Waals surface area contributed by atoms with Crippen molar-refractivity contribution in [3.05, 3.63) is 56.3 Å². The van der Waals surface area contributed by atoms with Gasteiger partial charge < -0.3 is 9.84 Å². The second kappa shape index (κ2) is 8.34. The quantitative estimate of drug-likeness (QED) is 0.610. The number of halogens is 2. The Morgan fingerprint density at radius 3 is 2.65 bits per heavy atom. The van der Waals surface area contributed by atoms with E-state index in [4.69, 9.17) is 16.1 Å². The Bertz CT molecular complexity index is 1200. The number of carbonyl (C=O) groups is 1. The first-order valence-electron chi connectivity index (χ1n) is 10.3. The number of amides is 1. The Morgan fingerprint density at radius 2 is 1.97 bits per heavy atom. The first-order chi connectivity index (χ1) is 14.8. The highest BCUT2D eigenvalue weighted by Crippen LogP contribution is 2.31. The van der Waals surface area contributed by atoms with Crippen LogP contribution in [0.25, 0.3) is 11.3 Å². The number of nitrogens with zero attached hydrogens (tertiary/aromatic N) is 3. The largest absolute Gasteiger partial charge is 0.355 e. The lowest BCUT2D eigenvalue weighted by Crippen LogP contribution is -2.29. The third kappa shape index (κ3) is 3.80. The molecule has 1 fully saturated rings. The summed E-state index contributed by atoms with van der Waals surface area (Å²) in [5, 5.41) is 6.78. The second-order valence-corrected chi connectivity index (χ2v) is 8.43. The molecular weight excluding hydrogens is 423 g/mol. The molecule has 9 heteroatoms. The zero-order valence-corrected chi connectivity index (χ0v) is 18.4. The molecule has 0 saturated heterocycles. The summed E-state index contributed by atoms with van der Waals surface area (Å²) >= 11 is 5.81. The van der Waals surface area contributed by atoms with Gasteiger partial charge in [-0.25, -0.2) is 9.07 Å². The standard InChI is InChI=1S/C22H24ClFN4O3/c1-12-18(26-31-20(12)16-10-9-14(23)11-17(16)24)21(29)25-19-13(2)27(3)28(22(19)30)15-7-5-4-6-8-15/h9-11,15H,4-8H2,1-3H3,(H,25,29). The van der Waals surface area contributed by atoms with Crippen molar-refractivity contribution >= 4 is 23.2 Å². The van der Waals surface area contributed by atoms with Gasteiger partial charge in [-0.2, -0.15) is 0 Å². The predicted octanol–water partition coefficient (Wildman–Crippen LogP) is 5.01. The molecule has 1 aromatic carbocycles. The van der Waals surface area contributed by atoms with Crippen molar-refractivity contribution < 1.29 is 13.7 Å². The highest BCUT2D eigenvalue weighted by molar-refractivity contribution is 6.30. The molecule has 0 bridgehead atoms. The van der Waals surface area contributed by atoms with Gasteiger partial charge in [-0.05, 0) is 44.9 Å². The Hall–Kier alpha value is -2.87. The highest BCUT2D eigenvalue weighted by Gasteiger charge is 2.27. The van der Waals surface area contributed by atoms with Crippen molar-refractivity contribution in [3.8, 4) is 11.3 Å². The normalized spacial score (nSPS) is 14.7. The van der Waals surface area contributed by atoms with Crippen molar-refractivity contribution in [3.63, 3.8) is 0 Å². The van der Waals surface area contributed by atoms with Gasteiger partial charge in [0.25, 0.3) is 11.5 Å². The molecule has 7 nitrogen and oxygen atoms in total. The van der Waals surface area contributed by atoms with Gasteiger partial charge in [0.2, 0.25) is 0 Å². The Labute approximate surface area is 183 Å². The minimum Gasteiger partial charge on any atom is -0.355 e. The zero-order chi connectivity index (χ0) is 22.3. The number of carbonyl (C=O) groups excluding carboxylic acids is 1. The molecule has 1 saturated carbocycles. The van der Waals surface area contributed by atoms with Gasteiger partial charge in [0.15, 0.2) is 11.5 Å². The van der Waals surface area contributed by atoms with Gasteiger partial charge in [0.1, 0.15) is 11.5 Å². The second-order valence-electron chi connectivity index (χ2n) is 7.99. The van der Waals surface area contributed by atoms with Gasteiger partial charge in [0, 0.05) is 17.6 Å². The van der Waals surface area contributed by atoms with E-state index in [2.05, 4.69) is 10.5 Å². The highest BCUT2D eigenvalue weighted by atomic mass is 35.5. The lowest BCUT2D eigenvalue weighted by atomic mass is 9.96. The topological polar surface area (TPSA) is 82.1 Å². The summed E-state index contributed by atoms with van der Waals surface area (Å²) in [4.78, 5) is 26.0. The molecule has 2 heterocycles. The van der Waals surface area contributed by atoms with Crippen LogP contribution in [0, 0.1) is 19.7 Å². The molecule has 0 radical (unpaired) electrons. The average Bonchev–Trinajstić information content (AvgIpc) is 3.22. The molecule has 1 amide bonds.